The van der Waals surface area contributed by atoms with E-state index in [1.54, 1.807) is 29.2 Å². The number of rotatable bonds is 4. The molecule has 0 radical (unpaired) electrons. The molecule has 0 unspecified atom stereocenters. The average molecular weight is 560 g/mol. The van der Waals surface area contributed by atoms with E-state index in [1.165, 1.54) is 19.4 Å². The number of terminal acetylenes is 1. The molecule has 1 aliphatic heterocycles. The van der Waals surface area contributed by atoms with Crippen LogP contribution in [0.4, 0.5) is 19.4 Å². The van der Waals surface area contributed by atoms with Crippen molar-refractivity contribution in [1.82, 2.24) is 19.9 Å². The van der Waals surface area contributed by atoms with Crippen LogP contribution in [0.2, 0.25) is 0 Å². The van der Waals surface area contributed by atoms with Crippen molar-refractivity contribution in [3.63, 3.8) is 0 Å². The number of nitrogens with zero attached hydrogens (tertiary/aromatic N) is 5. The second kappa shape index (κ2) is 10.5. The average Bonchev–Trinajstić information content (AvgIpc) is 3.32. The number of carbonyl (C=O) groups is 1. The SMILES string of the molecule is C#Cc1c(F)ccc2cccc(-c3ncc4c(N(C)[C@@H]5CCN(C(=O)OC(C)(C)C)[C@@H]5C)nc(OC)nc4c3F)c12. The van der Waals surface area contributed by atoms with Gasteiger partial charge in [-0.05, 0) is 45.6 Å². The van der Waals surface area contributed by atoms with Crippen molar-refractivity contribution < 1.29 is 23.0 Å². The molecular weight excluding hydrogens is 528 g/mol. The first-order valence-electron chi connectivity index (χ1n) is 13.3. The van der Waals surface area contributed by atoms with Crippen molar-refractivity contribution in [2.24, 2.45) is 0 Å². The van der Waals surface area contributed by atoms with E-state index >= 15 is 4.39 Å². The minimum atomic E-state index is -0.715. The summed E-state index contributed by atoms with van der Waals surface area (Å²) in [7, 11) is 3.24. The Morgan fingerprint density at radius 3 is 2.63 bits per heavy atom. The maximum atomic E-state index is 16.3. The molecule has 0 bridgehead atoms. The Bertz CT molecular complexity index is 1710. The molecule has 41 heavy (non-hydrogen) atoms. The quantitative estimate of drug-likeness (QED) is 0.286. The van der Waals surface area contributed by atoms with E-state index in [2.05, 4.69) is 20.9 Å². The van der Waals surface area contributed by atoms with E-state index in [-0.39, 0.29) is 41.0 Å². The van der Waals surface area contributed by atoms with Gasteiger partial charge in [-0.3, -0.25) is 4.98 Å². The second-order valence-electron chi connectivity index (χ2n) is 11.1. The van der Waals surface area contributed by atoms with Crippen LogP contribution in [0.5, 0.6) is 6.01 Å². The Hall–Kier alpha value is -4.52. The molecule has 8 nitrogen and oxygen atoms in total. The van der Waals surface area contributed by atoms with E-state index in [1.807, 2.05) is 39.6 Å². The minimum Gasteiger partial charge on any atom is -0.467 e. The van der Waals surface area contributed by atoms with Gasteiger partial charge in [-0.25, -0.2) is 13.6 Å². The van der Waals surface area contributed by atoms with E-state index in [0.29, 0.717) is 40.5 Å². The van der Waals surface area contributed by atoms with Gasteiger partial charge in [-0.1, -0.05) is 30.2 Å². The van der Waals surface area contributed by atoms with Crippen LogP contribution in [0.3, 0.4) is 0 Å². The lowest BCUT2D eigenvalue weighted by Gasteiger charge is -2.33. The summed E-state index contributed by atoms with van der Waals surface area (Å²) in [5.74, 6) is 1.50. The number of benzene rings is 2. The highest BCUT2D eigenvalue weighted by Gasteiger charge is 2.39. The molecule has 0 N–H and O–H groups in total. The Kier molecular flexibility index (Phi) is 7.15. The highest BCUT2D eigenvalue weighted by Crippen LogP contribution is 2.37. The van der Waals surface area contributed by atoms with Gasteiger partial charge in [0.05, 0.1) is 30.1 Å². The first kappa shape index (κ1) is 28.0. The number of anilines is 1. The van der Waals surface area contributed by atoms with Gasteiger partial charge in [0.2, 0.25) is 0 Å². The summed E-state index contributed by atoms with van der Waals surface area (Å²) in [5, 5.41) is 1.41. The second-order valence-corrected chi connectivity index (χ2v) is 11.1. The van der Waals surface area contributed by atoms with Gasteiger partial charge in [-0.2, -0.15) is 9.97 Å². The molecule has 2 aromatic carbocycles. The van der Waals surface area contributed by atoms with E-state index in [4.69, 9.17) is 15.9 Å². The third-order valence-electron chi connectivity index (χ3n) is 7.39. The zero-order chi connectivity index (χ0) is 29.6. The third kappa shape index (κ3) is 4.97. The topological polar surface area (TPSA) is 80.7 Å². The van der Waals surface area contributed by atoms with Crippen molar-refractivity contribution in [3.05, 3.63) is 53.7 Å². The van der Waals surface area contributed by atoms with Crippen LogP contribution >= 0.6 is 0 Å². The number of aromatic nitrogens is 3. The summed E-state index contributed by atoms with van der Waals surface area (Å²) in [5.41, 5.74) is -0.266. The van der Waals surface area contributed by atoms with Crippen LogP contribution in [-0.2, 0) is 4.74 Å². The highest BCUT2D eigenvalue weighted by molar-refractivity contribution is 6.02. The summed E-state index contributed by atoms with van der Waals surface area (Å²) >= 11 is 0. The van der Waals surface area contributed by atoms with Crippen LogP contribution in [0.25, 0.3) is 32.9 Å². The first-order chi connectivity index (χ1) is 19.4. The summed E-state index contributed by atoms with van der Waals surface area (Å²) in [6, 6.07) is 7.66. The molecule has 3 heterocycles. The van der Waals surface area contributed by atoms with Gasteiger partial charge >= 0.3 is 12.1 Å². The largest absolute Gasteiger partial charge is 0.467 e. The monoisotopic (exact) mass is 559 g/mol. The number of methoxy groups -OCH3 is 1. The van der Waals surface area contributed by atoms with Crippen LogP contribution in [-0.4, -0.2) is 64.3 Å². The first-order valence-corrected chi connectivity index (χ1v) is 13.3. The summed E-state index contributed by atoms with van der Waals surface area (Å²) < 4.78 is 41.9. The van der Waals surface area contributed by atoms with Gasteiger partial charge in [0, 0.05) is 30.7 Å². The van der Waals surface area contributed by atoms with Crippen molar-refractivity contribution in [2.45, 2.75) is 51.8 Å². The standard InChI is InChI=1S/C31H31F2N5O3/c1-8-19-22(32)13-12-18-10-9-11-20(24(18)19)26-25(33)27-21(16-34-26)28(36-29(35-27)40-7)37(6)23-14-15-38(17(23)2)30(39)41-31(3,4)5/h1,9-13,16-17,23H,14-15H2,2-7H3/t17-,23-/m1/s1. The number of hydrogen-bond donors (Lipinski definition) is 0. The Balaban J connectivity index is 1.60. The summed E-state index contributed by atoms with van der Waals surface area (Å²) in [6.45, 7) is 7.92. The minimum absolute atomic E-state index is 0.00554. The van der Waals surface area contributed by atoms with E-state index in [0.717, 1.165) is 0 Å². The van der Waals surface area contributed by atoms with Crippen molar-refractivity contribution >= 4 is 33.6 Å². The fraction of sp³-hybridized carbons (Fsp3) is 0.355. The normalized spacial score (nSPS) is 17.1. The number of pyridine rings is 1. The fourth-order valence-electron chi connectivity index (χ4n) is 5.44. The number of hydrogen-bond acceptors (Lipinski definition) is 7. The van der Waals surface area contributed by atoms with Crippen LogP contribution in [0.15, 0.2) is 36.5 Å². The number of likely N-dealkylation sites (N-methyl/N-ethyl adjacent to an activating group) is 1. The molecule has 1 aliphatic rings. The van der Waals surface area contributed by atoms with Crippen LogP contribution < -0.4 is 9.64 Å². The zero-order valence-corrected chi connectivity index (χ0v) is 23.8. The summed E-state index contributed by atoms with van der Waals surface area (Å²) in [4.78, 5) is 29.7. The molecule has 10 heteroatoms. The van der Waals surface area contributed by atoms with Gasteiger partial charge in [-0.15, -0.1) is 6.42 Å². The Morgan fingerprint density at radius 2 is 1.95 bits per heavy atom. The number of likely N-dealkylation sites (tertiary alicyclic amines) is 1. The molecule has 212 valence electrons. The third-order valence-corrected chi connectivity index (χ3v) is 7.39. The molecule has 4 aromatic rings. The predicted octanol–water partition coefficient (Wildman–Crippen LogP) is 5.95. The maximum absolute atomic E-state index is 16.3. The zero-order valence-electron chi connectivity index (χ0n) is 23.8. The number of fused-ring (bicyclic) bond motifs is 2. The van der Waals surface area contributed by atoms with Crippen LogP contribution in [0.1, 0.15) is 39.7 Å². The lowest BCUT2D eigenvalue weighted by molar-refractivity contribution is 0.0233. The van der Waals surface area contributed by atoms with E-state index in [9.17, 15) is 9.18 Å². The maximum Gasteiger partial charge on any atom is 0.410 e. The smallest absolute Gasteiger partial charge is 0.410 e. The van der Waals surface area contributed by atoms with Crippen molar-refractivity contribution in [1.29, 1.82) is 0 Å². The predicted molar refractivity (Wildman–Crippen MR) is 154 cm³/mol. The molecule has 1 fully saturated rings. The lowest BCUT2D eigenvalue weighted by atomic mass is 9.96. The molecule has 5 rings (SSSR count). The van der Waals surface area contributed by atoms with Crippen molar-refractivity contribution in [2.75, 3.05) is 25.6 Å². The molecule has 2 atom stereocenters. The number of amides is 1. The number of carbonyl (C=O) groups excluding carboxylic acids is 1. The van der Waals surface area contributed by atoms with Gasteiger partial charge in [0.25, 0.3) is 0 Å². The molecular formula is C31H31F2N5O3. The molecule has 1 amide bonds. The summed E-state index contributed by atoms with van der Waals surface area (Å²) in [6.07, 6.45) is 7.39. The lowest BCUT2D eigenvalue weighted by Crippen LogP contribution is -2.45. The van der Waals surface area contributed by atoms with Crippen molar-refractivity contribution in [3.8, 4) is 29.6 Å². The number of ether oxygens (including phenoxy) is 2. The molecule has 0 spiro atoms. The fourth-order valence-corrected chi connectivity index (χ4v) is 5.44. The Morgan fingerprint density at radius 1 is 1.20 bits per heavy atom. The van der Waals surface area contributed by atoms with Gasteiger partial charge in [0.15, 0.2) is 5.82 Å². The Labute approximate surface area is 237 Å². The molecule has 1 saturated heterocycles. The highest BCUT2D eigenvalue weighted by atomic mass is 19.1. The number of halogens is 2. The molecule has 0 aliphatic carbocycles. The van der Waals surface area contributed by atoms with Crippen LogP contribution in [0, 0.1) is 24.0 Å². The van der Waals surface area contributed by atoms with Gasteiger partial charge in [0.1, 0.15) is 28.4 Å². The van der Waals surface area contributed by atoms with E-state index < -0.39 is 17.2 Å². The molecule has 0 saturated carbocycles. The molecule has 2 aromatic heterocycles. The van der Waals surface area contributed by atoms with Gasteiger partial charge < -0.3 is 19.3 Å².